The normalized spacial score (nSPS) is 22.2. The van der Waals surface area contributed by atoms with Crippen LogP contribution in [0.25, 0.3) is 0 Å². The highest BCUT2D eigenvalue weighted by Crippen LogP contribution is 2.26. The summed E-state index contributed by atoms with van der Waals surface area (Å²) in [5.74, 6) is -1.71. The van der Waals surface area contributed by atoms with Crippen molar-refractivity contribution < 1.29 is 14.0 Å². The summed E-state index contributed by atoms with van der Waals surface area (Å²) in [4.78, 5) is 23.2. The summed E-state index contributed by atoms with van der Waals surface area (Å²) in [7, 11) is 0. The molecule has 0 saturated carbocycles. The number of primary amides is 1. The molecule has 1 aromatic carbocycles. The van der Waals surface area contributed by atoms with E-state index in [-0.39, 0.29) is 11.5 Å². The second-order valence-electron chi connectivity index (χ2n) is 5.00. The van der Waals surface area contributed by atoms with Gasteiger partial charge < -0.3 is 16.4 Å². The number of carbonyl (C=O) groups is 2. The lowest BCUT2D eigenvalue weighted by Gasteiger charge is -2.21. The number of anilines is 1. The van der Waals surface area contributed by atoms with Gasteiger partial charge in [0.05, 0.1) is 11.0 Å². The molecule has 5 nitrogen and oxygen atoms in total. The molecule has 0 radical (unpaired) electrons. The van der Waals surface area contributed by atoms with Crippen molar-refractivity contribution in [2.75, 3.05) is 18.4 Å². The van der Waals surface area contributed by atoms with Crippen molar-refractivity contribution in [3.05, 3.63) is 29.6 Å². The summed E-state index contributed by atoms with van der Waals surface area (Å²) in [6.45, 7) is 3.25. The maximum atomic E-state index is 13.3. The van der Waals surface area contributed by atoms with E-state index in [2.05, 4.69) is 10.6 Å². The Bertz CT molecular complexity index is 525. The standard InChI is InChI=1S/C13H16FN3O2/c1-13(4-5-16-7-13)12(19)17-8-2-3-10(14)9(6-8)11(15)18/h2-3,6,16H,4-5,7H2,1H3,(H2,15,18)(H,17,19). The predicted molar refractivity (Wildman–Crippen MR) is 69.1 cm³/mol. The Kier molecular flexibility index (Phi) is 3.53. The van der Waals surface area contributed by atoms with Gasteiger partial charge in [0.25, 0.3) is 5.91 Å². The molecule has 2 rings (SSSR count). The summed E-state index contributed by atoms with van der Waals surface area (Å²) in [6.07, 6.45) is 0.739. The van der Waals surface area contributed by atoms with Gasteiger partial charge in [-0.1, -0.05) is 0 Å². The first-order valence-electron chi connectivity index (χ1n) is 6.04. The van der Waals surface area contributed by atoms with E-state index in [1.807, 2.05) is 6.92 Å². The molecule has 2 amide bonds. The van der Waals surface area contributed by atoms with E-state index in [1.165, 1.54) is 12.1 Å². The summed E-state index contributed by atoms with van der Waals surface area (Å²) in [6, 6.07) is 3.78. The molecule has 0 bridgehead atoms. The monoisotopic (exact) mass is 265 g/mol. The van der Waals surface area contributed by atoms with Crippen LogP contribution in [-0.2, 0) is 4.79 Å². The van der Waals surface area contributed by atoms with Gasteiger partial charge in [0.2, 0.25) is 5.91 Å². The molecule has 0 spiro atoms. The number of hydrogen-bond acceptors (Lipinski definition) is 3. The highest BCUT2D eigenvalue weighted by molar-refractivity contribution is 5.98. The van der Waals surface area contributed by atoms with E-state index in [0.717, 1.165) is 19.0 Å². The van der Waals surface area contributed by atoms with Crippen molar-refractivity contribution >= 4 is 17.5 Å². The molecule has 1 heterocycles. The van der Waals surface area contributed by atoms with Gasteiger partial charge in [0.15, 0.2) is 0 Å². The lowest BCUT2D eigenvalue weighted by atomic mass is 9.88. The van der Waals surface area contributed by atoms with Crippen LogP contribution in [0.1, 0.15) is 23.7 Å². The lowest BCUT2D eigenvalue weighted by Crippen LogP contribution is -2.35. The van der Waals surface area contributed by atoms with Crippen LogP contribution in [0, 0.1) is 11.2 Å². The number of benzene rings is 1. The Hall–Kier alpha value is -1.95. The van der Waals surface area contributed by atoms with Crippen molar-refractivity contribution in [2.24, 2.45) is 11.1 Å². The number of halogens is 1. The van der Waals surface area contributed by atoms with Crippen LogP contribution in [0.15, 0.2) is 18.2 Å². The Labute approximate surface area is 110 Å². The van der Waals surface area contributed by atoms with Gasteiger partial charge in [-0.3, -0.25) is 9.59 Å². The first-order valence-corrected chi connectivity index (χ1v) is 6.04. The zero-order valence-electron chi connectivity index (χ0n) is 10.6. The van der Waals surface area contributed by atoms with Crippen LogP contribution >= 0.6 is 0 Å². The average Bonchev–Trinajstić information content (AvgIpc) is 2.79. The third-order valence-electron chi connectivity index (χ3n) is 3.41. The second kappa shape index (κ2) is 4.97. The SMILES string of the molecule is CC1(C(=O)Nc2ccc(F)c(C(N)=O)c2)CCNC1. The topological polar surface area (TPSA) is 84.2 Å². The van der Waals surface area contributed by atoms with Crippen LogP contribution in [-0.4, -0.2) is 24.9 Å². The minimum absolute atomic E-state index is 0.153. The zero-order valence-corrected chi connectivity index (χ0v) is 10.6. The smallest absolute Gasteiger partial charge is 0.251 e. The number of hydrogen-bond donors (Lipinski definition) is 3. The first kappa shape index (κ1) is 13.5. The van der Waals surface area contributed by atoms with Gasteiger partial charge >= 0.3 is 0 Å². The van der Waals surface area contributed by atoms with Gasteiger partial charge in [-0.05, 0) is 38.1 Å². The van der Waals surface area contributed by atoms with Gasteiger partial charge in [-0.15, -0.1) is 0 Å². The van der Waals surface area contributed by atoms with E-state index in [1.54, 1.807) is 0 Å². The Morgan fingerprint density at radius 1 is 1.47 bits per heavy atom. The highest BCUT2D eigenvalue weighted by Gasteiger charge is 2.36. The molecule has 1 aliphatic heterocycles. The molecule has 0 aliphatic carbocycles. The van der Waals surface area contributed by atoms with Gasteiger partial charge in [0, 0.05) is 12.2 Å². The first-order chi connectivity index (χ1) is 8.92. The fourth-order valence-electron chi connectivity index (χ4n) is 2.08. The third kappa shape index (κ3) is 2.73. The number of amides is 2. The lowest BCUT2D eigenvalue weighted by molar-refractivity contribution is -0.123. The predicted octanol–water partition coefficient (Wildman–Crippen LogP) is 0.863. The molecule has 1 aliphatic rings. The van der Waals surface area contributed by atoms with Crippen molar-refractivity contribution in [3.8, 4) is 0 Å². The van der Waals surface area contributed by atoms with Crippen molar-refractivity contribution in [3.63, 3.8) is 0 Å². The molecular weight excluding hydrogens is 249 g/mol. The molecule has 19 heavy (non-hydrogen) atoms. The maximum Gasteiger partial charge on any atom is 0.251 e. The minimum Gasteiger partial charge on any atom is -0.366 e. The molecule has 102 valence electrons. The molecule has 1 saturated heterocycles. The van der Waals surface area contributed by atoms with Crippen LogP contribution in [0.5, 0.6) is 0 Å². The van der Waals surface area contributed by atoms with Crippen LogP contribution in [0.3, 0.4) is 0 Å². The van der Waals surface area contributed by atoms with E-state index < -0.39 is 17.1 Å². The van der Waals surface area contributed by atoms with Gasteiger partial charge in [0.1, 0.15) is 5.82 Å². The van der Waals surface area contributed by atoms with Crippen molar-refractivity contribution in [1.29, 1.82) is 0 Å². The molecule has 1 unspecified atom stereocenters. The Morgan fingerprint density at radius 2 is 2.21 bits per heavy atom. The molecule has 1 fully saturated rings. The van der Waals surface area contributed by atoms with Crippen molar-refractivity contribution in [2.45, 2.75) is 13.3 Å². The van der Waals surface area contributed by atoms with Gasteiger partial charge in [-0.2, -0.15) is 0 Å². The van der Waals surface area contributed by atoms with E-state index >= 15 is 0 Å². The average molecular weight is 265 g/mol. The number of nitrogens with one attached hydrogen (secondary N) is 2. The van der Waals surface area contributed by atoms with Gasteiger partial charge in [-0.25, -0.2) is 4.39 Å². The van der Waals surface area contributed by atoms with Crippen molar-refractivity contribution in [1.82, 2.24) is 5.32 Å². The molecule has 4 N–H and O–H groups in total. The fraction of sp³-hybridized carbons (Fsp3) is 0.385. The largest absolute Gasteiger partial charge is 0.366 e. The molecule has 1 aromatic rings. The third-order valence-corrected chi connectivity index (χ3v) is 3.41. The molecule has 6 heteroatoms. The van der Waals surface area contributed by atoms with Crippen LogP contribution < -0.4 is 16.4 Å². The Balaban J connectivity index is 2.17. The van der Waals surface area contributed by atoms with E-state index in [0.29, 0.717) is 12.2 Å². The molecule has 1 atom stereocenters. The second-order valence-corrected chi connectivity index (χ2v) is 5.00. The molecular formula is C13H16FN3O2. The summed E-state index contributed by atoms with van der Waals surface area (Å²) >= 11 is 0. The van der Waals surface area contributed by atoms with E-state index in [4.69, 9.17) is 5.73 Å². The highest BCUT2D eigenvalue weighted by atomic mass is 19.1. The number of rotatable bonds is 3. The van der Waals surface area contributed by atoms with Crippen LogP contribution in [0.2, 0.25) is 0 Å². The Morgan fingerprint density at radius 3 is 2.79 bits per heavy atom. The number of carbonyl (C=O) groups excluding carboxylic acids is 2. The van der Waals surface area contributed by atoms with E-state index in [9.17, 15) is 14.0 Å². The number of nitrogens with two attached hydrogens (primary N) is 1. The zero-order chi connectivity index (χ0) is 14.0. The minimum atomic E-state index is -0.859. The summed E-state index contributed by atoms with van der Waals surface area (Å²) < 4.78 is 13.3. The molecule has 0 aromatic heterocycles. The summed E-state index contributed by atoms with van der Waals surface area (Å²) in [5, 5.41) is 5.82. The quantitative estimate of drug-likeness (QED) is 0.758. The van der Waals surface area contributed by atoms with Crippen LogP contribution in [0.4, 0.5) is 10.1 Å². The maximum absolute atomic E-state index is 13.3. The summed E-state index contributed by atoms with van der Waals surface area (Å²) in [5.41, 5.74) is 4.72. The fourth-order valence-corrected chi connectivity index (χ4v) is 2.08.